The van der Waals surface area contributed by atoms with Crippen molar-refractivity contribution in [3.63, 3.8) is 0 Å². The van der Waals surface area contributed by atoms with Crippen molar-refractivity contribution in [1.29, 1.82) is 0 Å². The van der Waals surface area contributed by atoms with Crippen LogP contribution in [-0.2, 0) is 19.3 Å². The van der Waals surface area contributed by atoms with Crippen molar-refractivity contribution in [2.45, 2.75) is 19.3 Å². The smallest absolute Gasteiger partial charge is 0.339 e. The van der Waals surface area contributed by atoms with Crippen LogP contribution in [0.5, 0.6) is 0 Å². The number of halogens is 4. The van der Waals surface area contributed by atoms with Crippen LogP contribution >= 0.6 is 23.8 Å². The van der Waals surface area contributed by atoms with Gasteiger partial charge in [-0.05, 0) is 48.1 Å². The van der Waals surface area contributed by atoms with Gasteiger partial charge in [-0.2, -0.15) is 13.2 Å². The minimum Gasteiger partial charge on any atom is -0.339 e. The van der Waals surface area contributed by atoms with Crippen molar-refractivity contribution in [3.8, 4) is 0 Å². The molecule has 0 amide bonds. The largest absolute Gasteiger partial charge is 0.417 e. The molecule has 0 aliphatic heterocycles. The number of pyridine rings is 1. The molecule has 0 atom stereocenters. The lowest BCUT2D eigenvalue weighted by molar-refractivity contribution is -0.137. The minimum atomic E-state index is -4.55. The molecule has 150 valence electrons. The Bertz CT molecular complexity index is 924. The van der Waals surface area contributed by atoms with Gasteiger partial charge >= 0.3 is 6.18 Å². The molecule has 0 saturated heterocycles. The van der Waals surface area contributed by atoms with Gasteiger partial charge in [-0.1, -0.05) is 48.0 Å². The van der Waals surface area contributed by atoms with Gasteiger partial charge < -0.3 is 10.2 Å². The first-order valence-corrected chi connectivity index (χ1v) is 9.48. The van der Waals surface area contributed by atoms with Crippen LogP contribution in [0.15, 0.2) is 72.9 Å². The molecular formula is C21H17ClF3N3S. The van der Waals surface area contributed by atoms with Crippen LogP contribution in [0, 0.1) is 0 Å². The fourth-order valence-corrected chi connectivity index (χ4v) is 3.18. The summed E-state index contributed by atoms with van der Waals surface area (Å²) in [6.45, 7) is 0.879. The summed E-state index contributed by atoms with van der Waals surface area (Å²) in [7, 11) is 0. The average molecular weight is 436 g/mol. The molecule has 2 aromatic carbocycles. The fourth-order valence-electron chi connectivity index (χ4n) is 2.71. The molecule has 3 aromatic rings. The summed E-state index contributed by atoms with van der Waals surface area (Å²) in [5.74, 6) is 0. The van der Waals surface area contributed by atoms with Crippen molar-refractivity contribution in [2.24, 2.45) is 0 Å². The van der Waals surface area contributed by atoms with E-state index >= 15 is 0 Å². The van der Waals surface area contributed by atoms with E-state index in [1.54, 1.807) is 6.20 Å². The van der Waals surface area contributed by atoms with Crippen LogP contribution in [0.25, 0.3) is 0 Å². The van der Waals surface area contributed by atoms with Gasteiger partial charge in [0.15, 0.2) is 5.11 Å². The Balaban J connectivity index is 1.82. The highest BCUT2D eigenvalue weighted by molar-refractivity contribution is 7.80. The fraction of sp³-hybridized carbons (Fsp3) is 0.143. The normalized spacial score (nSPS) is 11.2. The van der Waals surface area contributed by atoms with Crippen molar-refractivity contribution in [1.82, 2.24) is 9.88 Å². The maximum Gasteiger partial charge on any atom is 0.417 e. The molecule has 0 bridgehead atoms. The van der Waals surface area contributed by atoms with Gasteiger partial charge in [-0.3, -0.25) is 4.98 Å². The summed E-state index contributed by atoms with van der Waals surface area (Å²) in [5, 5.41) is 2.82. The van der Waals surface area contributed by atoms with Gasteiger partial charge in [-0.15, -0.1) is 0 Å². The van der Waals surface area contributed by atoms with Crippen LogP contribution in [0.2, 0.25) is 5.02 Å². The average Bonchev–Trinajstić information content (AvgIpc) is 2.69. The van der Waals surface area contributed by atoms with E-state index in [-0.39, 0.29) is 15.8 Å². The zero-order valence-electron chi connectivity index (χ0n) is 15.2. The Morgan fingerprint density at radius 3 is 2.38 bits per heavy atom. The van der Waals surface area contributed by atoms with E-state index in [1.165, 1.54) is 12.1 Å². The van der Waals surface area contributed by atoms with Crippen molar-refractivity contribution < 1.29 is 13.2 Å². The molecule has 0 aliphatic carbocycles. The summed E-state index contributed by atoms with van der Waals surface area (Å²) in [4.78, 5) is 6.15. The summed E-state index contributed by atoms with van der Waals surface area (Å²) in [6.07, 6.45) is -2.87. The first kappa shape index (κ1) is 21.1. The number of anilines is 1. The maximum absolute atomic E-state index is 13.1. The molecule has 0 aliphatic rings. The number of hydrogen-bond acceptors (Lipinski definition) is 2. The van der Waals surface area contributed by atoms with Crippen molar-refractivity contribution in [3.05, 3.63) is 94.8 Å². The highest BCUT2D eigenvalue weighted by atomic mass is 35.5. The van der Waals surface area contributed by atoms with Crippen molar-refractivity contribution in [2.75, 3.05) is 5.32 Å². The Morgan fingerprint density at radius 2 is 1.72 bits per heavy atom. The molecule has 0 saturated carbocycles. The second kappa shape index (κ2) is 9.24. The van der Waals surface area contributed by atoms with E-state index in [0.717, 1.165) is 17.3 Å². The number of thiocarbonyl (C=S) groups is 1. The Labute approximate surface area is 177 Å². The highest BCUT2D eigenvalue weighted by Gasteiger charge is 2.33. The predicted octanol–water partition coefficient (Wildman–Crippen LogP) is 6.15. The van der Waals surface area contributed by atoms with E-state index < -0.39 is 11.7 Å². The van der Waals surface area contributed by atoms with E-state index in [0.29, 0.717) is 13.1 Å². The van der Waals surface area contributed by atoms with Gasteiger partial charge in [-0.25, -0.2) is 0 Å². The molecule has 0 radical (unpaired) electrons. The Hall–Kier alpha value is -2.64. The van der Waals surface area contributed by atoms with Crippen LogP contribution in [0.3, 0.4) is 0 Å². The third-order valence-corrected chi connectivity index (χ3v) is 4.80. The summed E-state index contributed by atoms with van der Waals surface area (Å²) in [6, 6.07) is 18.8. The van der Waals surface area contributed by atoms with Gasteiger partial charge in [0, 0.05) is 18.4 Å². The van der Waals surface area contributed by atoms with Gasteiger partial charge in [0.2, 0.25) is 0 Å². The standard InChI is InChI=1S/C21H17ClF3N3S/c22-19-10-9-16(12-18(19)21(23,24)25)27-20(29)28(13-15-6-2-1-3-7-15)14-17-8-4-5-11-26-17/h1-12H,13-14H2,(H,27,29). The third kappa shape index (κ3) is 5.92. The van der Waals surface area contributed by atoms with Gasteiger partial charge in [0.1, 0.15) is 0 Å². The van der Waals surface area contributed by atoms with E-state index in [9.17, 15) is 13.2 Å². The highest BCUT2D eigenvalue weighted by Crippen LogP contribution is 2.36. The molecule has 1 N–H and O–H groups in total. The molecule has 3 nitrogen and oxygen atoms in total. The molecule has 0 unspecified atom stereocenters. The first-order valence-electron chi connectivity index (χ1n) is 8.69. The monoisotopic (exact) mass is 435 g/mol. The van der Waals surface area contributed by atoms with Gasteiger partial charge in [0.25, 0.3) is 0 Å². The lowest BCUT2D eigenvalue weighted by Crippen LogP contribution is -2.34. The number of aromatic nitrogens is 1. The van der Waals surface area contributed by atoms with Crippen LogP contribution in [0.1, 0.15) is 16.8 Å². The summed E-state index contributed by atoms with van der Waals surface area (Å²) < 4.78 is 39.4. The van der Waals surface area contributed by atoms with Crippen LogP contribution < -0.4 is 5.32 Å². The Kier molecular flexibility index (Phi) is 6.71. The summed E-state index contributed by atoms with van der Waals surface area (Å²) >= 11 is 11.2. The molecular weight excluding hydrogens is 419 g/mol. The minimum absolute atomic E-state index is 0.214. The molecule has 1 aromatic heterocycles. The second-order valence-corrected chi connectivity index (χ2v) is 7.08. The molecule has 1 heterocycles. The van der Waals surface area contributed by atoms with E-state index in [1.807, 2.05) is 53.4 Å². The zero-order chi connectivity index (χ0) is 20.9. The number of benzene rings is 2. The topological polar surface area (TPSA) is 28.2 Å². The molecule has 0 spiro atoms. The number of rotatable bonds is 5. The lowest BCUT2D eigenvalue weighted by atomic mass is 10.2. The molecule has 3 rings (SSSR count). The predicted molar refractivity (Wildman–Crippen MR) is 113 cm³/mol. The third-order valence-electron chi connectivity index (χ3n) is 4.11. The van der Waals surface area contributed by atoms with Crippen LogP contribution in [0.4, 0.5) is 18.9 Å². The maximum atomic E-state index is 13.1. The summed E-state index contributed by atoms with van der Waals surface area (Å²) in [5.41, 5.74) is 1.11. The number of hydrogen-bond donors (Lipinski definition) is 1. The molecule has 0 fully saturated rings. The quantitative estimate of drug-likeness (QED) is 0.486. The second-order valence-electron chi connectivity index (χ2n) is 6.29. The SMILES string of the molecule is FC(F)(F)c1cc(NC(=S)N(Cc2ccccc2)Cc2ccccn2)ccc1Cl. The lowest BCUT2D eigenvalue weighted by Gasteiger charge is -2.26. The van der Waals surface area contributed by atoms with E-state index in [2.05, 4.69) is 10.3 Å². The first-order chi connectivity index (χ1) is 13.8. The van der Waals surface area contributed by atoms with E-state index in [4.69, 9.17) is 23.8 Å². The van der Waals surface area contributed by atoms with Crippen LogP contribution in [-0.4, -0.2) is 15.0 Å². The van der Waals surface area contributed by atoms with Gasteiger partial charge in [0.05, 0.1) is 22.8 Å². The number of alkyl halides is 3. The number of nitrogens with one attached hydrogen (secondary N) is 1. The number of nitrogens with zero attached hydrogens (tertiary/aromatic N) is 2. The Morgan fingerprint density at radius 1 is 1.00 bits per heavy atom. The molecule has 29 heavy (non-hydrogen) atoms. The van der Waals surface area contributed by atoms with Crippen molar-refractivity contribution >= 4 is 34.6 Å². The zero-order valence-corrected chi connectivity index (χ0v) is 16.7. The molecule has 8 heteroatoms.